The van der Waals surface area contributed by atoms with Gasteiger partial charge in [0.15, 0.2) is 5.60 Å². The number of hydrogen-bond donors (Lipinski definition) is 1. The Morgan fingerprint density at radius 2 is 2.22 bits per heavy atom. The summed E-state index contributed by atoms with van der Waals surface area (Å²) in [4.78, 5) is 11.7. The Kier molecular flexibility index (Phi) is 3.00. The highest BCUT2D eigenvalue weighted by atomic mass is 16.5. The van der Waals surface area contributed by atoms with Gasteiger partial charge in [0.05, 0.1) is 17.7 Å². The number of benzene rings is 1. The van der Waals surface area contributed by atoms with Crippen molar-refractivity contribution in [2.24, 2.45) is 0 Å². The number of rotatable bonds is 2. The lowest BCUT2D eigenvalue weighted by Gasteiger charge is -2.32. The van der Waals surface area contributed by atoms with Gasteiger partial charge in [-0.3, -0.25) is 4.79 Å². The highest BCUT2D eigenvalue weighted by Crippen LogP contribution is 2.36. The van der Waals surface area contributed by atoms with E-state index in [1.165, 1.54) is 0 Å². The zero-order chi connectivity index (χ0) is 13.3. The van der Waals surface area contributed by atoms with Gasteiger partial charge in [-0.15, -0.1) is 0 Å². The fourth-order valence-corrected chi connectivity index (χ4v) is 1.94. The third-order valence-electron chi connectivity index (χ3n) is 3.13. The van der Waals surface area contributed by atoms with Crippen molar-refractivity contribution in [3.05, 3.63) is 23.8 Å². The lowest BCUT2D eigenvalue weighted by atomic mass is 9.96. The molecule has 1 heterocycles. The molecule has 4 heteroatoms. The predicted molar refractivity (Wildman–Crippen MR) is 68.4 cm³/mol. The van der Waals surface area contributed by atoms with Crippen LogP contribution in [0.3, 0.4) is 0 Å². The van der Waals surface area contributed by atoms with Gasteiger partial charge in [-0.25, -0.2) is 0 Å². The first kappa shape index (κ1) is 12.4. The van der Waals surface area contributed by atoms with Gasteiger partial charge >= 0.3 is 0 Å². The molecule has 94 valence electrons. The lowest BCUT2D eigenvalue weighted by molar-refractivity contribution is -0.129. The number of carbonyl (C=O) groups is 1. The molecule has 2 rings (SSSR count). The number of nitriles is 1. The van der Waals surface area contributed by atoms with Crippen molar-refractivity contribution in [1.29, 1.82) is 5.26 Å². The molecule has 1 aliphatic rings. The van der Waals surface area contributed by atoms with Gasteiger partial charge < -0.3 is 10.1 Å². The Balaban J connectivity index is 2.40. The minimum absolute atomic E-state index is 0.139. The van der Waals surface area contributed by atoms with Gasteiger partial charge in [-0.2, -0.15) is 5.26 Å². The lowest BCUT2D eigenvalue weighted by Crippen LogP contribution is -2.45. The summed E-state index contributed by atoms with van der Waals surface area (Å²) in [6.45, 7) is 5.42. The number of fused-ring (bicyclic) bond motifs is 1. The van der Waals surface area contributed by atoms with E-state index >= 15 is 0 Å². The molecule has 1 unspecified atom stereocenters. The summed E-state index contributed by atoms with van der Waals surface area (Å²) in [7, 11) is 0. The number of amides is 1. The first-order valence-electron chi connectivity index (χ1n) is 6.02. The molecule has 0 radical (unpaired) electrons. The Morgan fingerprint density at radius 3 is 2.83 bits per heavy atom. The SMILES string of the molecule is CCC(C#N)c1ccc2c(c1)OC(C)(C)C(=O)N2. The molecule has 1 aromatic rings. The van der Waals surface area contributed by atoms with Gasteiger partial charge in [-0.05, 0) is 38.0 Å². The summed E-state index contributed by atoms with van der Waals surface area (Å²) in [5.74, 6) is 0.334. The Morgan fingerprint density at radius 1 is 1.50 bits per heavy atom. The standard InChI is InChI=1S/C14H16N2O2/c1-4-9(8-15)10-5-6-11-12(7-10)18-14(2,3)13(17)16-11/h5-7,9H,4H2,1-3H3,(H,16,17). The number of nitrogens with zero attached hydrogens (tertiary/aromatic N) is 1. The molecule has 4 nitrogen and oxygen atoms in total. The maximum absolute atomic E-state index is 11.7. The largest absolute Gasteiger partial charge is 0.476 e. The molecule has 0 aromatic heterocycles. The van der Waals surface area contributed by atoms with Crippen LogP contribution in [0.5, 0.6) is 5.75 Å². The van der Waals surface area contributed by atoms with Crippen LogP contribution in [0.15, 0.2) is 18.2 Å². The van der Waals surface area contributed by atoms with Crippen LogP contribution in [-0.4, -0.2) is 11.5 Å². The summed E-state index contributed by atoms with van der Waals surface area (Å²) in [5, 5.41) is 11.9. The number of hydrogen-bond acceptors (Lipinski definition) is 3. The average molecular weight is 244 g/mol. The van der Waals surface area contributed by atoms with E-state index < -0.39 is 5.60 Å². The smallest absolute Gasteiger partial charge is 0.268 e. The number of anilines is 1. The minimum Gasteiger partial charge on any atom is -0.476 e. The third kappa shape index (κ3) is 2.04. The molecule has 18 heavy (non-hydrogen) atoms. The van der Waals surface area contributed by atoms with E-state index in [9.17, 15) is 4.79 Å². The highest BCUT2D eigenvalue weighted by molar-refractivity contribution is 6.00. The second-order valence-electron chi connectivity index (χ2n) is 4.91. The van der Waals surface area contributed by atoms with E-state index in [1.54, 1.807) is 19.9 Å². The van der Waals surface area contributed by atoms with Crippen molar-refractivity contribution < 1.29 is 9.53 Å². The molecule has 0 spiro atoms. The fourth-order valence-electron chi connectivity index (χ4n) is 1.94. The van der Waals surface area contributed by atoms with E-state index in [0.29, 0.717) is 11.4 Å². The van der Waals surface area contributed by atoms with Crippen molar-refractivity contribution in [2.75, 3.05) is 5.32 Å². The predicted octanol–water partition coefficient (Wildman–Crippen LogP) is 2.81. The Bertz CT molecular complexity index is 529. The molecule has 0 bridgehead atoms. The third-order valence-corrected chi connectivity index (χ3v) is 3.13. The van der Waals surface area contributed by atoms with Crippen LogP contribution >= 0.6 is 0 Å². The van der Waals surface area contributed by atoms with Crippen LogP contribution in [0.25, 0.3) is 0 Å². The van der Waals surface area contributed by atoms with Gasteiger partial charge in [0.2, 0.25) is 0 Å². The molecule has 0 saturated heterocycles. The maximum atomic E-state index is 11.7. The second kappa shape index (κ2) is 4.34. The highest BCUT2D eigenvalue weighted by Gasteiger charge is 2.35. The van der Waals surface area contributed by atoms with Crippen LogP contribution in [0.4, 0.5) is 5.69 Å². The van der Waals surface area contributed by atoms with Gasteiger partial charge in [-0.1, -0.05) is 13.0 Å². The number of carbonyl (C=O) groups excluding carboxylic acids is 1. The second-order valence-corrected chi connectivity index (χ2v) is 4.91. The maximum Gasteiger partial charge on any atom is 0.268 e. The molecule has 0 saturated carbocycles. The van der Waals surface area contributed by atoms with Gasteiger partial charge in [0.1, 0.15) is 5.75 Å². The van der Waals surface area contributed by atoms with E-state index in [0.717, 1.165) is 12.0 Å². The van der Waals surface area contributed by atoms with Crippen LogP contribution in [0, 0.1) is 11.3 Å². The molecule has 1 atom stereocenters. The van der Waals surface area contributed by atoms with E-state index in [4.69, 9.17) is 10.00 Å². The minimum atomic E-state index is -0.875. The van der Waals surface area contributed by atoms with Crippen LogP contribution < -0.4 is 10.1 Å². The normalized spacial score (nSPS) is 18.0. The zero-order valence-electron chi connectivity index (χ0n) is 10.8. The molecule has 0 fully saturated rings. The molecule has 1 N–H and O–H groups in total. The van der Waals surface area contributed by atoms with Crippen molar-refractivity contribution in [3.8, 4) is 11.8 Å². The summed E-state index contributed by atoms with van der Waals surface area (Å²) in [5.41, 5.74) is 0.710. The molecule has 0 aliphatic carbocycles. The van der Waals surface area contributed by atoms with E-state index in [2.05, 4.69) is 11.4 Å². The van der Waals surface area contributed by atoms with Crippen molar-refractivity contribution in [3.63, 3.8) is 0 Å². The molecule has 1 amide bonds. The van der Waals surface area contributed by atoms with Crippen molar-refractivity contribution in [2.45, 2.75) is 38.7 Å². The fraction of sp³-hybridized carbons (Fsp3) is 0.429. The van der Waals surface area contributed by atoms with Crippen LogP contribution in [-0.2, 0) is 4.79 Å². The Labute approximate surface area is 107 Å². The number of nitrogens with one attached hydrogen (secondary N) is 1. The van der Waals surface area contributed by atoms with Crippen molar-refractivity contribution >= 4 is 11.6 Å². The first-order valence-corrected chi connectivity index (χ1v) is 6.02. The van der Waals surface area contributed by atoms with Crippen LogP contribution in [0.1, 0.15) is 38.7 Å². The molecule has 1 aliphatic heterocycles. The molecular formula is C14H16N2O2. The summed E-state index contributed by atoms with van der Waals surface area (Å²) in [6, 6.07) is 7.75. The first-order chi connectivity index (χ1) is 8.47. The van der Waals surface area contributed by atoms with Crippen LogP contribution in [0.2, 0.25) is 0 Å². The molecule has 1 aromatic carbocycles. The monoisotopic (exact) mass is 244 g/mol. The summed E-state index contributed by atoms with van der Waals surface area (Å²) in [6.07, 6.45) is 0.755. The Hall–Kier alpha value is -2.02. The van der Waals surface area contributed by atoms with E-state index in [1.807, 2.05) is 19.1 Å². The average Bonchev–Trinajstić information content (AvgIpc) is 2.32. The quantitative estimate of drug-likeness (QED) is 0.870. The van der Waals surface area contributed by atoms with Gasteiger partial charge in [0.25, 0.3) is 5.91 Å². The van der Waals surface area contributed by atoms with E-state index in [-0.39, 0.29) is 11.8 Å². The molecular weight excluding hydrogens is 228 g/mol. The zero-order valence-corrected chi connectivity index (χ0v) is 10.8. The number of ether oxygens (including phenoxy) is 1. The topological polar surface area (TPSA) is 62.1 Å². The summed E-state index contributed by atoms with van der Waals surface area (Å²) >= 11 is 0. The summed E-state index contributed by atoms with van der Waals surface area (Å²) < 4.78 is 5.69. The van der Waals surface area contributed by atoms with Gasteiger partial charge in [0, 0.05) is 0 Å². The van der Waals surface area contributed by atoms with Crippen molar-refractivity contribution in [1.82, 2.24) is 0 Å².